The first-order valence-electron chi connectivity index (χ1n) is 10.0. The number of esters is 1. The van der Waals surface area contributed by atoms with E-state index >= 15 is 0 Å². The highest BCUT2D eigenvalue weighted by molar-refractivity contribution is 9.10. The number of nitrogens with zero attached hydrogens (tertiary/aromatic N) is 1. The highest BCUT2D eigenvalue weighted by Gasteiger charge is 2.22. The summed E-state index contributed by atoms with van der Waals surface area (Å²) in [7, 11) is 1.60. The largest absolute Gasteiger partial charge is 0.497 e. The molecule has 1 heterocycles. The quantitative estimate of drug-likeness (QED) is 0.241. The Kier molecular flexibility index (Phi) is 6.32. The monoisotopic (exact) mass is 489 g/mol. The summed E-state index contributed by atoms with van der Waals surface area (Å²) in [4.78, 5) is 30.5. The lowest BCUT2D eigenvalue weighted by Gasteiger charge is -2.15. The van der Waals surface area contributed by atoms with Crippen LogP contribution in [0.3, 0.4) is 0 Å². The minimum Gasteiger partial charge on any atom is -0.497 e. The minimum atomic E-state index is -0.926. The molecular formula is C26H20BrNO4. The summed E-state index contributed by atoms with van der Waals surface area (Å²) in [6.45, 7) is 1.58. The summed E-state index contributed by atoms with van der Waals surface area (Å²) in [6, 6.07) is 23.4. The Bertz CT molecular complexity index is 1290. The molecule has 0 radical (unpaired) electrons. The third-order valence-corrected chi connectivity index (χ3v) is 5.58. The van der Waals surface area contributed by atoms with Crippen molar-refractivity contribution in [2.45, 2.75) is 13.0 Å². The molecule has 0 aliphatic heterocycles. The van der Waals surface area contributed by atoms with E-state index in [4.69, 9.17) is 14.5 Å². The van der Waals surface area contributed by atoms with E-state index in [1.807, 2.05) is 48.5 Å². The molecule has 4 rings (SSSR count). The molecule has 5 nitrogen and oxygen atoms in total. The van der Waals surface area contributed by atoms with Gasteiger partial charge in [0.1, 0.15) is 5.75 Å². The normalized spacial score (nSPS) is 11.7. The maximum atomic E-state index is 13.2. The molecule has 0 aliphatic rings. The van der Waals surface area contributed by atoms with Gasteiger partial charge in [-0.3, -0.25) is 4.79 Å². The predicted octanol–water partition coefficient (Wildman–Crippen LogP) is 6.10. The van der Waals surface area contributed by atoms with Crippen molar-refractivity contribution < 1.29 is 19.1 Å². The van der Waals surface area contributed by atoms with E-state index in [1.165, 1.54) is 0 Å². The van der Waals surface area contributed by atoms with Crippen LogP contribution in [0.2, 0.25) is 0 Å². The first-order valence-corrected chi connectivity index (χ1v) is 10.8. The summed E-state index contributed by atoms with van der Waals surface area (Å²) in [5.74, 6) is -0.109. The fourth-order valence-corrected chi connectivity index (χ4v) is 3.75. The number of ether oxygens (including phenoxy) is 2. The number of carbonyl (C=O) groups is 2. The summed E-state index contributed by atoms with van der Waals surface area (Å²) in [6.07, 6.45) is -0.926. The summed E-state index contributed by atoms with van der Waals surface area (Å²) < 4.78 is 11.6. The van der Waals surface area contributed by atoms with Gasteiger partial charge in [-0.15, -0.1) is 0 Å². The molecule has 1 atom stereocenters. The number of halogens is 1. The molecule has 0 amide bonds. The van der Waals surface area contributed by atoms with E-state index in [1.54, 1.807) is 44.4 Å². The molecule has 0 bridgehead atoms. The number of carbonyl (C=O) groups excluding carboxylic acids is 2. The van der Waals surface area contributed by atoms with Crippen molar-refractivity contribution in [2.24, 2.45) is 0 Å². The average molecular weight is 490 g/mol. The van der Waals surface area contributed by atoms with Crippen molar-refractivity contribution in [2.75, 3.05) is 7.11 Å². The highest BCUT2D eigenvalue weighted by Crippen LogP contribution is 2.29. The molecular weight excluding hydrogens is 470 g/mol. The Morgan fingerprint density at radius 3 is 2.34 bits per heavy atom. The number of fused-ring (bicyclic) bond motifs is 1. The van der Waals surface area contributed by atoms with Gasteiger partial charge in [0.05, 0.1) is 23.9 Å². The van der Waals surface area contributed by atoms with Gasteiger partial charge in [0.2, 0.25) is 5.78 Å². The third-order valence-electron chi connectivity index (χ3n) is 5.09. The number of benzene rings is 3. The van der Waals surface area contributed by atoms with Crippen LogP contribution in [0.4, 0.5) is 0 Å². The first-order chi connectivity index (χ1) is 15.5. The fourth-order valence-electron chi connectivity index (χ4n) is 3.39. The SMILES string of the molecule is COc1ccc(-c2cc(C(=O)OC(C)C(=O)c3ccccc3)c3cc(Br)ccc3n2)cc1. The second kappa shape index (κ2) is 9.32. The number of pyridine rings is 1. The number of methoxy groups -OCH3 is 1. The number of hydrogen-bond acceptors (Lipinski definition) is 5. The van der Waals surface area contributed by atoms with Crippen molar-refractivity contribution in [1.29, 1.82) is 0 Å². The Balaban J connectivity index is 1.71. The molecule has 1 aromatic heterocycles. The lowest BCUT2D eigenvalue weighted by molar-refractivity contribution is 0.0320. The molecule has 0 saturated heterocycles. The molecule has 1 unspecified atom stereocenters. The van der Waals surface area contributed by atoms with E-state index in [2.05, 4.69) is 15.9 Å². The summed E-state index contributed by atoms with van der Waals surface area (Å²) >= 11 is 3.45. The van der Waals surface area contributed by atoms with E-state index in [0.29, 0.717) is 27.7 Å². The molecule has 160 valence electrons. The standard InChI is InChI=1S/C26H20BrNO4/c1-16(25(29)18-6-4-3-5-7-18)32-26(30)22-15-24(17-8-11-20(31-2)12-9-17)28-23-13-10-19(27)14-21(22)23/h3-16H,1-2H3. The van der Waals surface area contributed by atoms with Crippen molar-refractivity contribution in [3.8, 4) is 17.0 Å². The van der Waals surface area contributed by atoms with Crippen LogP contribution in [0.5, 0.6) is 5.75 Å². The Hall–Kier alpha value is -3.51. The molecule has 0 N–H and O–H groups in total. The predicted molar refractivity (Wildman–Crippen MR) is 127 cm³/mol. The van der Waals surface area contributed by atoms with Crippen LogP contribution in [-0.4, -0.2) is 30.0 Å². The van der Waals surface area contributed by atoms with Crippen LogP contribution in [0.25, 0.3) is 22.2 Å². The Morgan fingerprint density at radius 1 is 0.938 bits per heavy atom. The minimum absolute atomic E-state index is 0.256. The van der Waals surface area contributed by atoms with Crippen LogP contribution >= 0.6 is 15.9 Å². The summed E-state index contributed by atoms with van der Waals surface area (Å²) in [5.41, 5.74) is 2.94. The van der Waals surface area contributed by atoms with Crippen LogP contribution < -0.4 is 4.74 Å². The smallest absolute Gasteiger partial charge is 0.339 e. The van der Waals surface area contributed by atoms with Crippen molar-refractivity contribution in [3.63, 3.8) is 0 Å². The molecule has 0 aliphatic carbocycles. The second-order valence-electron chi connectivity index (χ2n) is 7.22. The van der Waals surface area contributed by atoms with Crippen molar-refractivity contribution in [3.05, 3.63) is 94.5 Å². The van der Waals surface area contributed by atoms with Gasteiger partial charge in [-0.05, 0) is 55.5 Å². The molecule has 0 spiro atoms. The number of Topliss-reactive ketones (excluding diaryl/α,β-unsaturated/α-hetero) is 1. The van der Waals surface area contributed by atoms with Gasteiger partial charge in [-0.25, -0.2) is 9.78 Å². The maximum Gasteiger partial charge on any atom is 0.339 e. The van der Waals surface area contributed by atoms with Gasteiger partial charge in [-0.2, -0.15) is 0 Å². The summed E-state index contributed by atoms with van der Waals surface area (Å²) in [5, 5.41) is 0.640. The fraction of sp³-hybridized carbons (Fsp3) is 0.115. The van der Waals surface area contributed by atoms with Crippen molar-refractivity contribution >= 4 is 38.6 Å². The van der Waals surface area contributed by atoms with Gasteiger partial charge < -0.3 is 9.47 Å². The molecule has 6 heteroatoms. The number of aromatic nitrogens is 1. The lowest BCUT2D eigenvalue weighted by atomic mass is 10.0. The van der Waals surface area contributed by atoms with Gasteiger partial charge in [-0.1, -0.05) is 46.3 Å². The average Bonchev–Trinajstić information content (AvgIpc) is 2.83. The van der Waals surface area contributed by atoms with Crippen LogP contribution in [-0.2, 0) is 4.74 Å². The number of ketones is 1. The second-order valence-corrected chi connectivity index (χ2v) is 8.14. The van der Waals surface area contributed by atoms with E-state index < -0.39 is 12.1 Å². The van der Waals surface area contributed by atoms with Crippen LogP contribution in [0.1, 0.15) is 27.6 Å². The van der Waals surface area contributed by atoms with Gasteiger partial charge in [0, 0.05) is 21.0 Å². The highest BCUT2D eigenvalue weighted by atomic mass is 79.9. The zero-order chi connectivity index (χ0) is 22.7. The topological polar surface area (TPSA) is 65.5 Å². The Morgan fingerprint density at radius 2 is 1.66 bits per heavy atom. The van der Waals surface area contributed by atoms with Crippen LogP contribution in [0.15, 0.2) is 83.3 Å². The maximum absolute atomic E-state index is 13.2. The van der Waals surface area contributed by atoms with Gasteiger partial charge in [0.25, 0.3) is 0 Å². The molecule has 4 aromatic rings. The molecule has 3 aromatic carbocycles. The number of hydrogen-bond donors (Lipinski definition) is 0. The van der Waals surface area contributed by atoms with Gasteiger partial charge in [0.15, 0.2) is 6.10 Å². The molecule has 0 fully saturated rings. The Labute approximate surface area is 194 Å². The number of rotatable bonds is 6. The molecule has 0 saturated carbocycles. The van der Waals surface area contributed by atoms with Gasteiger partial charge >= 0.3 is 5.97 Å². The van der Waals surface area contributed by atoms with E-state index in [0.717, 1.165) is 15.8 Å². The zero-order valence-electron chi connectivity index (χ0n) is 17.5. The van der Waals surface area contributed by atoms with Crippen LogP contribution in [0, 0.1) is 0 Å². The molecule has 32 heavy (non-hydrogen) atoms. The zero-order valence-corrected chi connectivity index (χ0v) is 19.1. The first kappa shape index (κ1) is 21.7. The van der Waals surface area contributed by atoms with E-state index in [-0.39, 0.29) is 5.78 Å². The van der Waals surface area contributed by atoms with E-state index in [9.17, 15) is 9.59 Å². The van der Waals surface area contributed by atoms with Crippen molar-refractivity contribution in [1.82, 2.24) is 4.98 Å². The third kappa shape index (κ3) is 4.55. The lowest BCUT2D eigenvalue weighted by Crippen LogP contribution is -2.24.